The van der Waals surface area contributed by atoms with Crippen molar-refractivity contribution in [1.29, 1.82) is 0 Å². The van der Waals surface area contributed by atoms with Crippen molar-refractivity contribution in [2.75, 3.05) is 12.8 Å². The number of aromatic nitrogens is 3. The van der Waals surface area contributed by atoms with Gasteiger partial charge in [0.1, 0.15) is 5.82 Å². The van der Waals surface area contributed by atoms with Crippen molar-refractivity contribution in [1.82, 2.24) is 19.5 Å². The van der Waals surface area contributed by atoms with Crippen molar-refractivity contribution in [3.63, 3.8) is 0 Å². The smallest absolute Gasteiger partial charge is 0.233 e. The summed E-state index contributed by atoms with van der Waals surface area (Å²) in [5.74, 6) is 1.40. The Morgan fingerprint density at radius 3 is 2.62 bits per heavy atom. The average Bonchev–Trinajstić information content (AvgIpc) is 2.99. The van der Waals surface area contributed by atoms with Crippen LogP contribution in [0, 0.1) is 5.92 Å². The number of nitrogens with zero attached hydrogens (tertiary/aromatic N) is 3. The maximum atomic E-state index is 12.0. The first-order valence-corrected chi connectivity index (χ1v) is 11.4. The largest absolute Gasteiger partial charge is 0.306 e. The van der Waals surface area contributed by atoms with Crippen LogP contribution in [0.2, 0.25) is 0 Å². The minimum absolute atomic E-state index is 0.366. The molecule has 1 N–H and O–H groups in total. The molecule has 0 aliphatic rings. The third-order valence-corrected chi connectivity index (χ3v) is 5.41. The lowest BCUT2D eigenvalue weighted by Gasteiger charge is -2.11. The molecule has 0 atom stereocenters. The highest BCUT2D eigenvalue weighted by Gasteiger charge is 2.12. The Morgan fingerprint density at radius 2 is 1.96 bits per heavy atom. The molecule has 2 rings (SSSR count). The molecule has 1 heterocycles. The van der Waals surface area contributed by atoms with E-state index in [4.69, 9.17) is 0 Å². The number of benzene rings is 1. The van der Waals surface area contributed by atoms with E-state index in [0.717, 1.165) is 23.1 Å². The Kier molecular flexibility index (Phi) is 7.86. The first kappa shape index (κ1) is 20.7. The second-order valence-corrected chi connectivity index (χ2v) is 8.79. The Labute approximate surface area is 160 Å². The lowest BCUT2D eigenvalue weighted by atomic mass is 10.2. The Morgan fingerprint density at radius 1 is 1.23 bits per heavy atom. The normalized spacial score (nSPS) is 12.3. The molecule has 0 unspecified atom stereocenters. The minimum atomic E-state index is -3.44. The zero-order valence-corrected chi connectivity index (χ0v) is 17.1. The van der Waals surface area contributed by atoms with Gasteiger partial charge in [0, 0.05) is 24.9 Å². The standard InChI is InChI=1S/C18H26N4O2S2/c1-15(2)14-22-17(20-21-18(22)25-3)10-7-12-19-26(23,24)13-11-16-8-5-4-6-9-16/h4-6,8-9,11,13,15,19H,7,10,12,14H2,1-3H3/b13-11+. The molecule has 6 nitrogen and oxygen atoms in total. The summed E-state index contributed by atoms with van der Waals surface area (Å²) in [5, 5.41) is 10.6. The number of sulfonamides is 1. The van der Waals surface area contributed by atoms with Crippen LogP contribution in [-0.2, 0) is 23.0 Å². The van der Waals surface area contributed by atoms with E-state index >= 15 is 0 Å². The molecule has 0 saturated carbocycles. The zero-order chi connectivity index (χ0) is 19.0. The highest BCUT2D eigenvalue weighted by molar-refractivity contribution is 7.98. The van der Waals surface area contributed by atoms with E-state index in [0.29, 0.717) is 25.3 Å². The second kappa shape index (κ2) is 9.89. The molecule has 0 bridgehead atoms. The van der Waals surface area contributed by atoms with Crippen LogP contribution in [-0.4, -0.2) is 36.0 Å². The molecule has 0 aliphatic carbocycles. The number of rotatable bonds is 10. The van der Waals surface area contributed by atoms with Crippen LogP contribution in [0.5, 0.6) is 0 Å². The lowest BCUT2D eigenvalue weighted by Crippen LogP contribution is -2.23. The molecule has 8 heteroatoms. The molecule has 0 fully saturated rings. The molecule has 1 aromatic heterocycles. The van der Waals surface area contributed by atoms with E-state index in [1.807, 2.05) is 36.6 Å². The van der Waals surface area contributed by atoms with Gasteiger partial charge in [-0.2, -0.15) is 0 Å². The molecule has 0 amide bonds. The summed E-state index contributed by atoms with van der Waals surface area (Å²) in [6.07, 6.45) is 4.93. The van der Waals surface area contributed by atoms with E-state index in [-0.39, 0.29) is 0 Å². The molecule has 0 radical (unpaired) electrons. The van der Waals surface area contributed by atoms with Crippen LogP contribution in [0.1, 0.15) is 31.7 Å². The van der Waals surface area contributed by atoms with Crippen LogP contribution < -0.4 is 4.72 Å². The van der Waals surface area contributed by atoms with Gasteiger partial charge < -0.3 is 4.57 Å². The van der Waals surface area contributed by atoms with Gasteiger partial charge in [0.15, 0.2) is 5.16 Å². The quantitative estimate of drug-likeness (QED) is 0.495. The average molecular weight is 395 g/mol. The van der Waals surface area contributed by atoms with Crippen molar-refractivity contribution < 1.29 is 8.42 Å². The molecule has 0 aliphatic heterocycles. The van der Waals surface area contributed by atoms with Gasteiger partial charge in [-0.3, -0.25) is 0 Å². The molecule has 1 aromatic carbocycles. The van der Waals surface area contributed by atoms with E-state index < -0.39 is 10.0 Å². The summed E-state index contributed by atoms with van der Waals surface area (Å²) >= 11 is 1.57. The Balaban J connectivity index is 1.86. The highest BCUT2D eigenvalue weighted by Crippen LogP contribution is 2.16. The van der Waals surface area contributed by atoms with Crippen LogP contribution in [0.3, 0.4) is 0 Å². The lowest BCUT2D eigenvalue weighted by molar-refractivity contribution is 0.477. The van der Waals surface area contributed by atoms with Crippen molar-refractivity contribution in [3.05, 3.63) is 47.1 Å². The van der Waals surface area contributed by atoms with Crippen LogP contribution >= 0.6 is 11.8 Å². The maximum Gasteiger partial charge on any atom is 0.233 e. The Hall–Kier alpha value is -1.64. The predicted octanol–water partition coefficient (Wildman–Crippen LogP) is 3.18. The number of thioether (sulfide) groups is 1. The minimum Gasteiger partial charge on any atom is -0.306 e. The van der Waals surface area contributed by atoms with Crippen molar-refractivity contribution in [2.45, 2.75) is 38.4 Å². The number of nitrogens with one attached hydrogen (secondary N) is 1. The van der Waals surface area contributed by atoms with Gasteiger partial charge in [-0.15, -0.1) is 10.2 Å². The van der Waals surface area contributed by atoms with Gasteiger partial charge in [0.2, 0.25) is 10.0 Å². The molecule has 142 valence electrons. The van der Waals surface area contributed by atoms with Gasteiger partial charge in [-0.1, -0.05) is 55.9 Å². The van der Waals surface area contributed by atoms with Gasteiger partial charge in [-0.05, 0) is 30.2 Å². The van der Waals surface area contributed by atoms with E-state index in [2.05, 4.69) is 33.3 Å². The van der Waals surface area contributed by atoms with Crippen LogP contribution in [0.4, 0.5) is 0 Å². The first-order chi connectivity index (χ1) is 12.4. The van der Waals surface area contributed by atoms with E-state index in [9.17, 15) is 8.42 Å². The fraction of sp³-hybridized carbons (Fsp3) is 0.444. The third-order valence-electron chi connectivity index (χ3n) is 3.64. The summed E-state index contributed by atoms with van der Waals surface area (Å²) in [7, 11) is -3.44. The van der Waals surface area contributed by atoms with Crippen LogP contribution in [0.15, 0.2) is 40.9 Å². The van der Waals surface area contributed by atoms with Crippen molar-refractivity contribution in [2.24, 2.45) is 5.92 Å². The second-order valence-electron chi connectivity index (χ2n) is 6.36. The fourth-order valence-corrected chi connectivity index (χ4v) is 3.83. The molecular formula is C18H26N4O2S2. The molecule has 0 saturated heterocycles. The van der Waals surface area contributed by atoms with E-state index in [1.54, 1.807) is 17.8 Å². The third kappa shape index (κ3) is 6.59. The summed E-state index contributed by atoms with van der Waals surface area (Å²) in [4.78, 5) is 0. The molecule has 2 aromatic rings. The molecular weight excluding hydrogens is 368 g/mol. The summed E-state index contributed by atoms with van der Waals surface area (Å²) in [5.41, 5.74) is 0.851. The first-order valence-electron chi connectivity index (χ1n) is 8.60. The van der Waals surface area contributed by atoms with Crippen molar-refractivity contribution in [3.8, 4) is 0 Å². The van der Waals surface area contributed by atoms with Crippen molar-refractivity contribution >= 4 is 27.9 Å². The zero-order valence-electron chi connectivity index (χ0n) is 15.4. The fourth-order valence-electron chi connectivity index (χ4n) is 2.44. The predicted molar refractivity (Wildman–Crippen MR) is 107 cm³/mol. The van der Waals surface area contributed by atoms with Gasteiger partial charge in [0.05, 0.1) is 0 Å². The summed E-state index contributed by atoms with van der Waals surface area (Å²) < 4.78 is 28.8. The van der Waals surface area contributed by atoms with Crippen LogP contribution in [0.25, 0.3) is 6.08 Å². The molecule has 26 heavy (non-hydrogen) atoms. The van der Waals surface area contributed by atoms with Gasteiger partial charge >= 0.3 is 0 Å². The highest BCUT2D eigenvalue weighted by atomic mass is 32.2. The SMILES string of the molecule is CSc1nnc(CCCNS(=O)(=O)/C=C/c2ccccc2)n1CC(C)C. The Bertz CT molecular complexity index is 815. The van der Waals surface area contributed by atoms with Gasteiger partial charge in [-0.25, -0.2) is 13.1 Å². The molecule has 0 spiro atoms. The number of aryl methyl sites for hydroxylation is 1. The van der Waals surface area contributed by atoms with Gasteiger partial charge in [0.25, 0.3) is 0 Å². The number of hydrogen-bond acceptors (Lipinski definition) is 5. The summed E-state index contributed by atoms with van der Waals surface area (Å²) in [6, 6.07) is 9.35. The maximum absolute atomic E-state index is 12.0. The summed E-state index contributed by atoms with van der Waals surface area (Å²) in [6.45, 7) is 5.54. The monoisotopic (exact) mass is 394 g/mol. The number of hydrogen-bond donors (Lipinski definition) is 1. The van der Waals surface area contributed by atoms with E-state index in [1.165, 1.54) is 5.41 Å². The topological polar surface area (TPSA) is 76.9 Å².